The molecule has 6 heteroatoms. The molecular weight excluding hydrogens is 248 g/mol. The largest absolute Gasteiger partial charge is 0.497 e. The van der Waals surface area contributed by atoms with Crippen molar-refractivity contribution in [2.45, 2.75) is 6.42 Å². The average molecular weight is 262 g/mol. The van der Waals surface area contributed by atoms with E-state index in [-0.39, 0.29) is 12.3 Å². The molecule has 19 heavy (non-hydrogen) atoms. The van der Waals surface area contributed by atoms with Gasteiger partial charge in [0, 0.05) is 11.6 Å². The number of benzene rings is 1. The van der Waals surface area contributed by atoms with Crippen LogP contribution in [0, 0.1) is 0 Å². The zero-order chi connectivity index (χ0) is 13.7. The third kappa shape index (κ3) is 3.32. The summed E-state index contributed by atoms with van der Waals surface area (Å²) in [5.74, 6) is 1.03. The lowest BCUT2D eigenvalue weighted by Gasteiger charge is -2.00. The fourth-order valence-corrected chi connectivity index (χ4v) is 1.62. The van der Waals surface area contributed by atoms with Gasteiger partial charge < -0.3 is 9.26 Å². The SMILES string of the molecule is CONC(=O)Cc1cc(-c2cccc(OC)c2)on1. The van der Waals surface area contributed by atoms with Gasteiger partial charge in [-0.3, -0.25) is 9.63 Å². The number of carbonyl (C=O) groups is 1. The Morgan fingerprint density at radius 1 is 1.37 bits per heavy atom. The highest BCUT2D eigenvalue weighted by molar-refractivity contribution is 5.77. The summed E-state index contributed by atoms with van der Waals surface area (Å²) >= 11 is 0. The number of amides is 1. The van der Waals surface area contributed by atoms with Gasteiger partial charge >= 0.3 is 0 Å². The molecule has 0 bridgehead atoms. The van der Waals surface area contributed by atoms with Crippen LogP contribution < -0.4 is 10.2 Å². The summed E-state index contributed by atoms with van der Waals surface area (Å²) in [5.41, 5.74) is 3.59. The number of nitrogens with zero attached hydrogens (tertiary/aromatic N) is 1. The Kier molecular flexibility index (Phi) is 4.15. The number of hydrogen-bond donors (Lipinski definition) is 1. The number of hydrogen-bond acceptors (Lipinski definition) is 5. The van der Waals surface area contributed by atoms with Crippen LogP contribution in [0.15, 0.2) is 34.9 Å². The lowest BCUT2D eigenvalue weighted by atomic mass is 10.1. The van der Waals surface area contributed by atoms with Gasteiger partial charge in [0.05, 0.1) is 26.3 Å². The summed E-state index contributed by atoms with van der Waals surface area (Å²) in [5, 5.41) is 3.84. The van der Waals surface area contributed by atoms with E-state index in [9.17, 15) is 4.79 Å². The molecule has 1 aromatic carbocycles. The number of carbonyl (C=O) groups excluding carboxylic acids is 1. The van der Waals surface area contributed by atoms with E-state index < -0.39 is 0 Å². The van der Waals surface area contributed by atoms with Gasteiger partial charge in [0.2, 0.25) is 5.91 Å². The van der Waals surface area contributed by atoms with E-state index in [0.29, 0.717) is 11.5 Å². The summed E-state index contributed by atoms with van der Waals surface area (Å²) in [7, 11) is 2.97. The molecule has 0 atom stereocenters. The van der Waals surface area contributed by atoms with Gasteiger partial charge in [0.1, 0.15) is 5.75 Å². The fraction of sp³-hybridized carbons (Fsp3) is 0.231. The third-order valence-corrected chi connectivity index (χ3v) is 2.47. The zero-order valence-corrected chi connectivity index (χ0v) is 10.7. The van der Waals surface area contributed by atoms with Crippen molar-refractivity contribution in [2.75, 3.05) is 14.2 Å². The van der Waals surface area contributed by atoms with Crippen molar-refractivity contribution in [3.8, 4) is 17.1 Å². The van der Waals surface area contributed by atoms with Crippen molar-refractivity contribution < 1.29 is 18.9 Å². The predicted molar refractivity (Wildman–Crippen MR) is 67.3 cm³/mol. The van der Waals surface area contributed by atoms with E-state index in [1.54, 1.807) is 13.2 Å². The minimum Gasteiger partial charge on any atom is -0.497 e. The molecule has 0 spiro atoms. The quantitative estimate of drug-likeness (QED) is 0.828. The van der Waals surface area contributed by atoms with Crippen molar-refractivity contribution in [2.24, 2.45) is 0 Å². The van der Waals surface area contributed by atoms with E-state index in [1.807, 2.05) is 24.3 Å². The number of nitrogens with one attached hydrogen (secondary N) is 1. The molecule has 100 valence electrons. The molecule has 1 heterocycles. The van der Waals surface area contributed by atoms with Crippen molar-refractivity contribution in [3.63, 3.8) is 0 Å². The first-order chi connectivity index (χ1) is 9.22. The van der Waals surface area contributed by atoms with Gasteiger partial charge in [-0.25, -0.2) is 5.48 Å². The summed E-state index contributed by atoms with van der Waals surface area (Å²) in [6, 6.07) is 9.12. The maximum Gasteiger partial charge on any atom is 0.249 e. The van der Waals surface area contributed by atoms with E-state index in [2.05, 4.69) is 15.5 Å². The molecule has 0 unspecified atom stereocenters. The molecule has 0 aliphatic rings. The molecule has 1 aromatic heterocycles. The van der Waals surface area contributed by atoms with Crippen LogP contribution in [0.5, 0.6) is 5.75 Å². The Hall–Kier alpha value is -2.34. The minimum absolute atomic E-state index is 0.0985. The minimum atomic E-state index is -0.284. The Balaban J connectivity index is 2.13. The van der Waals surface area contributed by atoms with Crippen LogP contribution >= 0.6 is 0 Å². The highest BCUT2D eigenvalue weighted by Gasteiger charge is 2.10. The molecule has 0 fully saturated rings. The standard InChI is InChI=1S/C13H14N2O4/c1-17-11-5-3-4-9(6-11)12-7-10(14-19-12)8-13(16)15-18-2/h3-7H,8H2,1-2H3,(H,15,16). The van der Waals surface area contributed by atoms with Crippen LogP contribution in [0.4, 0.5) is 0 Å². The predicted octanol–water partition coefficient (Wildman–Crippen LogP) is 1.57. The van der Waals surface area contributed by atoms with Crippen molar-refractivity contribution >= 4 is 5.91 Å². The Morgan fingerprint density at radius 3 is 2.95 bits per heavy atom. The maximum absolute atomic E-state index is 11.3. The number of rotatable bonds is 5. The van der Waals surface area contributed by atoms with Gasteiger partial charge in [-0.2, -0.15) is 0 Å². The topological polar surface area (TPSA) is 73.6 Å². The first-order valence-electron chi connectivity index (χ1n) is 5.64. The summed E-state index contributed by atoms with van der Waals surface area (Å²) in [6.07, 6.45) is 0.0985. The van der Waals surface area contributed by atoms with Crippen LogP contribution in [0.3, 0.4) is 0 Å². The normalized spacial score (nSPS) is 10.2. The molecule has 1 N–H and O–H groups in total. The number of methoxy groups -OCH3 is 1. The summed E-state index contributed by atoms with van der Waals surface area (Å²) in [6.45, 7) is 0. The van der Waals surface area contributed by atoms with Crippen LogP contribution in [-0.4, -0.2) is 25.3 Å². The molecule has 2 aromatic rings. The molecule has 1 amide bonds. The van der Waals surface area contributed by atoms with Gasteiger partial charge in [0.25, 0.3) is 0 Å². The third-order valence-electron chi connectivity index (χ3n) is 2.47. The lowest BCUT2D eigenvalue weighted by Crippen LogP contribution is -2.23. The van der Waals surface area contributed by atoms with Gasteiger partial charge in [-0.05, 0) is 12.1 Å². The molecular formula is C13H14N2O4. The smallest absolute Gasteiger partial charge is 0.249 e. The molecule has 0 saturated carbocycles. The van der Waals surface area contributed by atoms with Crippen LogP contribution in [0.2, 0.25) is 0 Å². The van der Waals surface area contributed by atoms with Crippen LogP contribution in [0.25, 0.3) is 11.3 Å². The molecule has 6 nitrogen and oxygen atoms in total. The van der Waals surface area contributed by atoms with Crippen LogP contribution in [0.1, 0.15) is 5.69 Å². The van der Waals surface area contributed by atoms with E-state index >= 15 is 0 Å². The summed E-state index contributed by atoms with van der Waals surface area (Å²) < 4.78 is 10.3. The summed E-state index contributed by atoms with van der Waals surface area (Å²) in [4.78, 5) is 15.8. The van der Waals surface area contributed by atoms with E-state index in [0.717, 1.165) is 11.3 Å². The average Bonchev–Trinajstić information content (AvgIpc) is 2.87. The second-order valence-corrected chi connectivity index (χ2v) is 3.82. The van der Waals surface area contributed by atoms with Gasteiger partial charge in [-0.15, -0.1) is 0 Å². The molecule has 0 aliphatic heterocycles. The van der Waals surface area contributed by atoms with Crippen molar-refractivity contribution in [3.05, 3.63) is 36.0 Å². The second kappa shape index (κ2) is 6.01. The first kappa shape index (κ1) is 13.1. The lowest BCUT2D eigenvalue weighted by molar-refractivity contribution is -0.130. The van der Waals surface area contributed by atoms with Crippen molar-refractivity contribution in [1.82, 2.24) is 10.6 Å². The highest BCUT2D eigenvalue weighted by Crippen LogP contribution is 2.24. The molecule has 0 saturated heterocycles. The van der Waals surface area contributed by atoms with Gasteiger partial charge in [0.15, 0.2) is 5.76 Å². The molecule has 2 rings (SSSR count). The number of ether oxygens (including phenoxy) is 1. The maximum atomic E-state index is 11.3. The number of aromatic nitrogens is 1. The van der Waals surface area contributed by atoms with E-state index in [4.69, 9.17) is 9.26 Å². The van der Waals surface area contributed by atoms with Crippen molar-refractivity contribution in [1.29, 1.82) is 0 Å². The van der Waals surface area contributed by atoms with E-state index in [1.165, 1.54) is 7.11 Å². The number of hydroxylamine groups is 1. The zero-order valence-electron chi connectivity index (χ0n) is 10.7. The molecule has 0 aliphatic carbocycles. The van der Waals surface area contributed by atoms with Crippen LogP contribution in [-0.2, 0) is 16.1 Å². The van der Waals surface area contributed by atoms with Gasteiger partial charge in [-0.1, -0.05) is 17.3 Å². The monoisotopic (exact) mass is 262 g/mol. The Labute approximate surface area is 110 Å². The fourth-order valence-electron chi connectivity index (χ4n) is 1.62. The first-order valence-corrected chi connectivity index (χ1v) is 5.64. The Morgan fingerprint density at radius 2 is 2.21 bits per heavy atom. The second-order valence-electron chi connectivity index (χ2n) is 3.82. The Bertz CT molecular complexity index is 565. The molecule has 0 radical (unpaired) electrons. The highest BCUT2D eigenvalue weighted by atomic mass is 16.6.